The number of anilines is 1. The molecule has 20 heavy (non-hydrogen) atoms. The molecule has 112 valence electrons. The molecule has 0 saturated heterocycles. The molecular formula is C17H27BrN2. The normalized spacial score (nSPS) is 18.0. The topological polar surface area (TPSA) is 29.3 Å². The average Bonchev–Trinajstić information content (AvgIpc) is 2.42. The maximum Gasteiger partial charge on any atom is 0.0513 e. The van der Waals surface area contributed by atoms with Crippen LogP contribution in [-0.2, 0) is 6.42 Å². The van der Waals surface area contributed by atoms with Crippen LogP contribution in [0.1, 0.15) is 51.5 Å². The van der Waals surface area contributed by atoms with Crippen LogP contribution in [-0.4, -0.2) is 18.6 Å². The zero-order valence-electron chi connectivity index (χ0n) is 12.7. The van der Waals surface area contributed by atoms with Crippen LogP contribution in [0.25, 0.3) is 0 Å². The van der Waals surface area contributed by atoms with E-state index < -0.39 is 0 Å². The molecule has 0 aliphatic heterocycles. The van der Waals surface area contributed by atoms with Crippen LogP contribution in [0.15, 0.2) is 22.7 Å². The van der Waals surface area contributed by atoms with Crippen LogP contribution in [0.3, 0.4) is 0 Å². The highest BCUT2D eigenvalue weighted by Crippen LogP contribution is 2.33. The van der Waals surface area contributed by atoms with E-state index in [1.54, 1.807) is 0 Å². The molecule has 0 heterocycles. The number of benzene rings is 1. The van der Waals surface area contributed by atoms with E-state index in [4.69, 9.17) is 5.73 Å². The Bertz CT molecular complexity index is 425. The number of rotatable bonds is 5. The second-order valence-electron chi connectivity index (χ2n) is 6.05. The standard InChI is InChI=1S/C17H27BrN2/c1-3-20(15-7-5-4-6-8-15)17-10-9-14(11-13(2)19)12-16(17)18/h9-10,12-13,15H,3-8,11,19H2,1-2H3. The maximum absolute atomic E-state index is 5.89. The van der Waals surface area contributed by atoms with Crippen LogP contribution >= 0.6 is 15.9 Å². The van der Waals surface area contributed by atoms with Crippen molar-refractivity contribution in [3.8, 4) is 0 Å². The summed E-state index contributed by atoms with van der Waals surface area (Å²) >= 11 is 3.76. The lowest BCUT2D eigenvalue weighted by molar-refractivity contribution is 0.418. The molecule has 1 aromatic carbocycles. The molecule has 0 bridgehead atoms. The Labute approximate surface area is 131 Å². The van der Waals surface area contributed by atoms with E-state index in [1.807, 2.05) is 0 Å². The van der Waals surface area contributed by atoms with Crippen molar-refractivity contribution in [2.24, 2.45) is 5.73 Å². The van der Waals surface area contributed by atoms with Crippen molar-refractivity contribution in [3.63, 3.8) is 0 Å². The Morgan fingerprint density at radius 2 is 2.00 bits per heavy atom. The van der Waals surface area contributed by atoms with Crippen molar-refractivity contribution in [1.29, 1.82) is 0 Å². The van der Waals surface area contributed by atoms with Crippen molar-refractivity contribution < 1.29 is 0 Å². The molecule has 2 nitrogen and oxygen atoms in total. The predicted octanol–water partition coefficient (Wildman–Crippen LogP) is 4.50. The lowest BCUT2D eigenvalue weighted by atomic mass is 9.93. The van der Waals surface area contributed by atoms with Gasteiger partial charge in [-0.1, -0.05) is 25.3 Å². The van der Waals surface area contributed by atoms with E-state index >= 15 is 0 Å². The maximum atomic E-state index is 5.89. The summed E-state index contributed by atoms with van der Waals surface area (Å²) in [5.74, 6) is 0. The highest BCUT2D eigenvalue weighted by atomic mass is 79.9. The molecule has 1 aromatic rings. The second-order valence-corrected chi connectivity index (χ2v) is 6.90. The quantitative estimate of drug-likeness (QED) is 0.856. The molecule has 1 aliphatic carbocycles. The van der Waals surface area contributed by atoms with Crippen molar-refractivity contribution in [2.45, 2.75) is 64.5 Å². The van der Waals surface area contributed by atoms with Gasteiger partial charge in [-0.3, -0.25) is 0 Å². The Balaban J connectivity index is 2.16. The summed E-state index contributed by atoms with van der Waals surface area (Å²) < 4.78 is 1.21. The monoisotopic (exact) mass is 338 g/mol. The molecule has 2 N–H and O–H groups in total. The number of nitrogens with two attached hydrogens (primary N) is 1. The third-order valence-corrected chi connectivity index (χ3v) is 4.87. The summed E-state index contributed by atoms with van der Waals surface area (Å²) in [5, 5.41) is 0. The van der Waals surface area contributed by atoms with Crippen LogP contribution in [0.2, 0.25) is 0 Å². The fourth-order valence-electron chi connectivity index (χ4n) is 3.30. The first-order chi connectivity index (χ1) is 9.61. The molecule has 1 saturated carbocycles. The molecule has 3 heteroatoms. The van der Waals surface area contributed by atoms with Crippen LogP contribution in [0.4, 0.5) is 5.69 Å². The molecule has 1 aliphatic rings. The van der Waals surface area contributed by atoms with Gasteiger partial charge in [0.15, 0.2) is 0 Å². The first-order valence-electron chi connectivity index (χ1n) is 7.92. The zero-order valence-corrected chi connectivity index (χ0v) is 14.3. The Hall–Kier alpha value is -0.540. The highest BCUT2D eigenvalue weighted by Gasteiger charge is 2.21. The number of hydrogen-bond donors (Lipinski definition) is 1. The first-order valence-corrected chi connectivity index (χ1v) is 8.71. The van der Waals surface area contributed by atoms with E-state index in [-0.39, 0.29) is 6.04 Å². The predicted molar refractivity (Wildman–Crippen MR) is 91.4 cm³/mol. The van der Waals surface area contributed by atoms with Gasteiger partial charge in [0.1, 0.15) is 0 Å². The van der Waals surface area contributed by atoms with Gasteiger partial charge in [0.2, 0.25) is 0 Å². The molecular weight excluding hydrogens is 312 g/mol. The Morgan fingerprint density at radius 3 is 2.55 bits per heavy atom. The SMILES string of the molecule is CCN(c1ccc(CC(C)N)cc1Br)C1CCCCC1. The lowest BCUT2D eigenvalue weighted by Crippen LogP contribution is -2.36. The molecule has 1 unspecified atom stereocenters. The third-order valence-electron chi connectivity index (χ3n) is 4.24. The smallest absolute Gasteiger partial charge is 0.0513 e. The molecule has 0 spiro atoms. The molecule has 0 aromatic heterocycles. The molecule has 2 rings (SSSR count). The van der Waals surface area contributed by atoms with Crippen molar-refractivity contribution in [2.75, 3.05) is 11.4 Å². The van der Waals surface area contributed by atoms with Gasteiger partial charge < -0.3 is 10.6 Å². The Morgan fingerprint density at radius 1 is 1.30 bits per heavy atom. The van der Waals surface area contributed by atoms with Crippen LogP contribution < -0.4 is 10.6 Å². The van der Waals surface area contributed by atoms with Crippen molar-refractivity contribution >= 4 is 21.6 Å². The highest BCUT2D eigenvalue weighted by molar-refractivity contribution is 9.10. The van der Waals surface area contributed by atoms with E-state index in [1.165, 1.54) is 47.8 Å². The van der Waals surface area contributed by atoms with Crippen LogP contribution in [0.5, 0.6) is 0 Å². The summed E-state index contributed by atoms with van der Waals surface area (Å²) in [6.45, 7) is 5.40. The summed E-state index contributed by atoms with van der Waals surface area (Å²) in [6, 6.07) is 7.66. The minimum absolute atomic E-state index is 0.216. The molecule has 0 amide bonds. The minimum atomic E-state index is 0.216. The summed E-state index contributed by atoms with van der Waals surface area (Å²) in [6.07, 6.45) is 7.77. The largest absolute Gasteiger partial charge is 0.368 e. The minimum Gasteiger partial charge on any atom is -0.368 e. The van der Waals surface area contributed by atoms with E-state index in [2.05, 4.69) is 52.9 Å². The van der Waals surface area contributed by atoms with Gasteiger partial charge >= 0.3 is 0 Å². The van der Waals surface area contributed by atoms with Gasteiger partial charge in [0.05, 0.1) is 5.69 Å². The fraction of sp³-hybridized carbons (Fsp3) is 0.647. The summed E-state index contributed by atoms with van der Waals surface area (Å²) in [7, 11) is 0. The lowest BCUT2D eigenvalue weighted by Gasteiger charge is -2.36. The van der Waals surface area contributed by atoms with Gasteiger partial charge in [-0.25, -0.2) is 0 Å². The fourth-order valence-corrected chi connectivity index (χ4v) is 3.95. The van der Waals surface area contributed by atoms with Gasteiger partial charge in [0, 0.05) is 23.1 Å². The Kier molecular flexibility index (Phi) is 5.91. The summed E-state index contributed by atoms with van der Waals surface area (Å²) in [4.78, 5) is 2.57. The second kappa shape index (κ2) is 7.46. The average molecular weight is 339 g/mol. The van der Waals surface area contributed by atoms with E-state index in [9.17, 15) is 0 Å². The third kappa shape index (κ3) is 3.98. The molecule has 1 atom stereocenters. The van der Waals surface area contributed by atoms with Crippen LogP contribution in [0, 0.1) is 0 Å². The van der Waals surface area contributed by atoms with Gasteiger partial charge in [-0.2, -0.15) is 0 Å². The number of hydrogen-bond acceptors (Lipinski definition) is 2. The van der Waals surface area contributed by atoms with Crippen molar-refractivity contribution in [3.05, 3.63) is 28.2 Å². The van der Waals surface area contributed by atoms with Gasteiger partial charge in [-0.05, 0) is 66.7 Å². The molecule has 1 fully saturated rings. The zero-order chi connectivity index (χ0) is 14.5. The van der Waals surface area contributed by atoms with E-state index in [0.717, 1.165) is 13.0 Å². The first kappa shape index (κ1) is 15.8. The van der Waals surface area contributed by atoms with Gasteiger partial charge in [0.25, 0.3) is 0 Å². The van der Waals surface area contributed by atoms with Crippen molar-refractivity contribution in [1.82, 2.24) is 0 Å². The number of nitrogens with zero attached hydrogens (tertiary/aromatic N) is 1. The molecule has 0 radical (unpaired) electrons. The number of halogens is 1. The van der Waals surface area contributed by atoms with Gasteiger partial charge in [-0.15, -0.1) is 0 Å². The van der Waals surface area contributed by atoms with E-state index in [0.29, 0.717) is 6.04 Å². The summed E-state index contributed by atoms with van der Waals surface area (Å²) in [5.41, 5.74) is 8.55.